The summed E-state index contributed by atoms with van der Waals surface area (Å²) in [7, 11) is 0. The molecule has 1 aromatic rings. The molecule has 5 rings (SSSR count). The highest BCUT2D eigenvalue weighted by atomic mass is 16.5. The normalized spacial score (nSPS) is 29.8. The molecule has 32 heavy (non-hydrogen) atoms. The average Bonchev–Trinajstić information content (AvgIpc) is 3.12. The predicted octanol–water partition coefficient (Wildman–Crippen LogP) is 1.17. The lowest BCUT2D eigenvalue weighted by atomic mass is 9.86. The second-order valence-electron chi connectivity index (χ2n) is 9.65. The van der Waals surface area contributed by atoms with E-state index in [9.17, 15) is 14.4 Å². The zero-order chi connectivity index (χ0) is 22.2. The average molecular weight is 441 g/mol. The fourth-order valence-electron chi connectivity index (χ4n) is 5.71. The second-order valence-corrected chi connectivity index (χ2v) is 9.65. The molecule has 0 aromatic heterocycles. The van der Waals surface area contributed by atoms with Crippen LogP contribution in [0.25, 0.3) is 0 Å². The number of hydrogen-bond acceptors (Lipinski definition) is 6. The van der Waals surface area contributed by atoms with Crippen LogP contribution in [0.4, 0.5) is 0 Å². The molecule has 3 saturated heterocycles. The Hall–Kier alpha value is -2.29. The van der Waals surface area contributed by atoms with E-state index in [2.05, 4.69) is 16.3 Å². The molecule has 172 valence electrons. The predicted molar refractivity (Wildman–Crippen MR) is 117 cm³/mol. The molecule has 0 radical (unpaired) electrons. The van der Waals surface area contributed by atoms with Crippen molar-refractivity contribution in [1.29, 1.82) is 0 Å². The number of carbonyl (C=O) groups excluding carboxylic acids is 3. The molecule has 3 unspecified atom stereocenters. The molecule has 0 spiro atoms. The summed E-state index contributed by atoms with van der Waals surface area (Å²) in [5.41, 5.74) is 9.00. The minimum atomic E-state index is -0.571. The van der Waals surface area contributed by atoms with E-state index >= 15 is 0 Å². The quantitative estimate of drug-likeness (QED) is 0.681. The molecule has 0 aliphatic carbocycles. The van der Waals surface area contributed by atoms with Crippen LogP contribution in [0.5, 0.6) is 0 Å². The SMILES string of the molecule is NC1CCOC(C2CCN(Cc3cccc4c3CN(C3CCC(=O)NC3=O)C4=O)CC2)C1. The van der Waals surface area contributed by atoms with E-state index in [0.717, 1.165) is 63.1 Å². The van der Waals surface area contributed by atoms with Crippen molar-refractivity contribution in [3.05, 3.63) is 34.9 Å². The van der Waals surface area contributed by atoms with E-state index in [0.29, 0.717) is 30.6 Å². The Bertz CT molecular complexity index is 911. The van der Waals surface area contributed by atoms with Crippen LogP contribution in [0, 0.1) is 5.92 Å². The van der Waals surface area contributed by atoms with Crippen LogP contribution >= 0.6 is 0 Å². The van der Waals surface area contributed by atoms with Gasteiger partial charge in [-0.1, -0.05) is 12.1 Å². The highest BCUT2D eigenvalue weighted by molar-refractivity contribution is 6.05. The highest BCUT2D eigenvalue weighted by Gasteiger charge is 2.40. The minimum absolute atomic E-state index is 0.110. The van der Waals surface area contributed by atoms with Gasteiger partial charge in [0.25, 0.3) is 5.91 Å². The van der Waals surface area contributed by atoms with Crippen molar-refractivity contribution in [2.24, 2.45) is 11.7 Å². The number of nitrogens with one attached hydrogen (secondary N) is 1. The van der Waals surface area contributed by atoms with Crippen LogP contribution in [0.15, 0.2) is 18.2 Å². The number of piperidine rings is 2. The van der Waals surface area contributed by atoms with Gasteiger partial charge in [0.1, 0.15) is 6.04 Å². The van der Waals surface area contributed by atoms with Crippen LogP contribution in [0.3, 0.4) is 0 Å². The van der Waals surface area contributed by atoms with Gasteiger partial charge in [0.2, 0.25) is 11.8 Å². The summed E-state index contributed by atoms with van der Waals surface area (Å²) in [6.07, 6.45) is 5.09. The van der Waals surface area contributed by atoms with E-state index < -0.39 is 6.04 Å². The number of carbonyl (C=O) groups is 3. The van der Waals surface area contributed by atoms with Crippen LogP contribution in [0.1, 0.15) is 60.0 Å². The molecule has 3 amide bonds. The Balaban J connectivity index is 1.23. The smallest absolute Gasteiger partial charge is 0.255 e. The molecule has 8 heteroatoms. The van der Waals surface area contributed by atoms with Gasteiger partial charge in [-0.15, -0.1) is 0 Å². The number of benzene rings is 1. The van der Waals surface area contributed by atoms with Crippen molar-refractivity contribution in [1.82, 2.24) is 15.1 Å². The largest absolute Gasteiger partial charge is 0.378 e. The van der Waals surface area contributed by atoms with Gasteiger partial charge in [0.05, 0.1) is 6.10 Å². The maximum absolute atomic E-state index is 13.0. The minimum Gasteiger partial charge on any atom is -0.378 e. The summed E-state index contributed by atoms with van der Waals surface area (Å²) in [4.78, 5) is 40.9. The number of nitrogens with two attached hydrogens (primary N) is 1. The first-order chi connectivity index (χ1) is 15.5. The monoisotopic (exact) mass is 440 g/mol. The highest BCUT2D eigenvalue weighted by Crippen LogP contribution is 2.32. The standard InChI is InChI=1S/C24H32N4O4/c25-17-8-11-32-21(12-17)15-6-9-27(10-7-15)13-16-2-1-3-18-19(16)14-28(24(18)31)20-4-5-22(29)26-23(20)30/h1-3,15,17,20-21H,4-14,25H2,(H,26,29,30). The molecule has 3 N–H and O–H groups in total. The maximum atomic E-state index is 13.0. The molecule has 8 nitrogen and oxygen atoms in total. The van der Waals surface area contributed by atoms with Crippen molar-refractivity contribution in [3.63, 3.8) is 0 Å². The third-order valence-corrected chi connectivity index (χ3v) is 7.59. The second kappa shape index (κ2) is 8.92. The van der Waals surface area contributed by atoms with E-state index in [1.807, 2.05) is 12.1 Å². The van der Waals surface area contributed by atoms with Gasteiger partial charge in [-0.3, -0.25) is 24.6 Å². The number of amides is 3. The molecule has 1 aromatic carbocycles. The van der Waals surface area contributed by atoms with Gasteiger partial charge >= 0.3 is 0 Å². The summed E-state index contributed by atoms with van der Waals surface area (Å²) >= 11 is 0. The number of rotatable bonds is 4. The van der Waals surface area contributed by atoms with E-state index in [1.54, 1.807) is 4.90 Å². The Kier molecular flexibility index (Phi) is 6.01. The Morgan fingerprint density at radius 2 is 1.91 bits per heavy atom. The lowest BCUT2D eigenvalue weighted by Crippen LogP contribution is -2.52. The van der Waals surface area contributed by atoms with E-state index in [4.69, 9.17) is 10.5 Å². The van der Waals surface area contributed by atoms with Gasteiger partial charge in [-0.05, 0) is 68.3 Å². The summed E-state index contributed by atoms with van der Waals surface area (Å²) < 4.78 is 6.00. The van der Waals surface area contributed by atoms with E-state index in [-0.39, 0.29) is 30.2 Å². The van der Waals surface area contributed by atoms with Crippen molar-refractivity contribution >= 4 is 17.7 Å². The maximum Gasteiger partial charge on any atom is 0.255 e. The number of imide groups is 1. The number of nitrogens with zero attached hydrogens (tertiary/aromatic N) is 2. The van der Waals surface area contributed by atoms with Gasteiger partial charge in [-0.2, -0.15) is 0 Å². The first kappa shape index (κ1) is 21.6. The van der Waals surface area contributed by atoms with Gasteiger partial charge < -0.3 is 15.4 Å². The Morgan fingerprint density at radius 3 is 2.66 bits per heavy atom. The zero-order valence-corrected chi connectivity index (χ0v) is 18.4. The Morgan fingerprint density at radius 1 is 1.09 bits per heavy atom. The van der Waals surface area contributed by atoms with Crippen LogP contribution < -0.4 is 11.1 Å². The van der Waals surface area contributed by atoms with Gasteiger partial charge in [0.15, 0.2) is 0 Å². The first-order valence-electron chi connectivity index (χ1n) is 11.8. The van der Waals surface area contributed by atoms with Gasteiger partial charge in [-0.25, -0.2) is 0 Å². The summed E-state index contributed by atoms with van der Waals surface area (Å²) in [5.74, 6) is -0.166. The van der Waals surface area contributed by atoms with Crippen molar-refractivity contribution in [2.45, 2.75) is 69.8 Å². The number of fused-ring (bicyclic) bond motifs is 1. The fraction of sp³-hybridized carbons (Fsp3) is 0.625. The molecule has 0 bridgehead atoms. The summed E-state index contributed by atoms with van der Waals surface area (Å²) in [6, 6.07) is 5.57. The molecule has 4 aliphatic rings. The van der Waals surface area contributed by atoms with Crippen LogP contribution in [-0.2, 0) is 27.4 Å². The third kappa shape index (κ3) is 4.19. The lowest BCUT2D eigenvalue weighted by Gasteiger charge is -2.39. The molecule has 4 aliphatic heterocycles. The molecular weight excluding hydrogens is 408 g/mol. The number of hydrogen-bond donors (Lipinski definition) is 2. The van der Waals surface area contributed by atoms with Crippen LogP contribution in [-0.4, -0.2) is 65.4 Å². The lowest BCUT2D eigenvalue weighted by molar-refractivity contribution is -0.136. The van der Waals surface area contributed by atoms with Crippen LogP contribution in [0.2, 0.25) is 0 Å². The summed E-state index contributed by atoms with van der Waals surface area (Å²) in [5, 5.41) is 2.37. The van der Waals surface area contributed by atoms with Crippen molar-refractivity contribution in [2.75, 3.05) is 19.7 Å². The zero-order valence-electron chi connectivity index (χ0n) is 18.4. The molecule has 0 saturated carbocycles. The molecular formula is C24H32N4O4. The van der Waals surface area contributed by atoms with Gasteiger partial charge in [0, 0.05) is 37.7 Å². The van der Waals surface area contributed by atoms with Crippen molar-refractivity contribution < 1.29 is 19.1 Å². The molecule has 3 fully saturated rings. The number of likely N-dealkylation sites (tertiary alicyclic amines) is 1. The fourth-order valence-corrected chi connectivity index (χ4v) is 5.71. The third-order valence-electron chi connectivity index (χ3n) is 7.59. The van der Waals surface area contributed by atoms with E-state index in [1.165, 1.54) is 0 Å². The Labute approximate surface area is 188 Å². The van der Waals surface area contributed by atoms with Crippen molar-refractivity contribution in [3.8, 4) is 0 Å². The molecule has 4 heterocycles. The molecule has 3 atom stereocenters. The topological polar surface area (TPSA) is 105 Å². The number of ether oxygens (including phenoxy) is 1. The first-order valence-corrected chi connectivity index (χ1v) is 11.8. The summed E-state index contributed by atoms with van der Waals surface area (Å²) in [6.45, 7) is 4.03.